The summed E-state index contributed by atoms with van der Waals surface area (Å²) in [5.74, 6) is -0.636. The summed E-state index contributed by atoms with van der Waals surface area (Å²) < 4.78 is 1.62. The van der Waals surface area contributed by atoms with E-state index in [1.165, 1.54) is 13.1 Å². The first-order chi connectivity index (χ1) is 13.3. The molecule has 0 atom stereocenters. The highest BCUT2D eigenvalue weighted by atomic mass is 35.5. The van der Waals surface area contributed by atoms with E-state index in [4.69, 9.17) is 11.6 Å². The molecule has 2 amide bonds. The molecule has 3 aromatic rings. The van der Waals surface area contributed by atoms with Crippen molar-refractivity contribution in [1.29, 1.82) is 0 Å². The van der Waals surface area contributed by atoms with E-state index in [0.29, 0.717) is 40.1 Å². The Bertz CT molecular complexity index is 1150. The van der Waals surface area contributed by atoms with Gasteiger partial charge in [-0.05, 0) is 50.2 Å². The van der Waals surface area contributed by atoms with Crippen molar-refractivity contribution in [2.45, 2.75) is 20.4 Å². The Labute approximate surface area is 166 Å². The van der Waals surface area contributed by atoms with Crippen LogP contribution in [0, 0.1) is 6.92 Å². The Morgan fingerprint density at radius 3 is 2.43 bits per heavy atom. The van der Waals surface area contributed by atoms with Crippen LogP contribution in [-0.4, -0.2) is 28.4 Å². The molecule has 0 radical (unpaired) electrons. The first-order valence-corrected chi connectivity index (χ1v) is 9.07. The molecule has 28 heavy (non-hydrogen) atoms. The largest absolute Gasteiger partial charge is 0.355 e. The van der Waals surface area contributed by atoms with E-state index < -0.39 is 0 Å². The van der Waals surface area contributed by atoms with Crippen LogP contribution in [0.1, 0.15) is 33.3 Å². The number of carbonyl (C=O) groups is 2. The van der Waals surface area contributed by atoms with Crippen molar-refractivity contribution in [2.24, 2.45) is 0 Å². The maximum atomic E-state index is 12.6. The number of nitrogens with zero attached hydrogens (tertiary/aromatic N) is 2. The summed E-state index contributed by atoms with van der Waals surface area (Å²) in [6.45, 7) is 4.04. The third-order valence-electron chi connectivity index (χ3n) is 4.39. The number of fused-ring (bicyclic) bond motifs is 1. The predicted molar refractivity (Wildman–Crippen MR) is 109 cm³/mol. The summed E-state index contributed by atoms with van der Waals surface area (Å²) in [4.78, 5) is 40.8. The number of halogens is 1. The summed E-state index contributed by atoms with van der Waals surface area (Å²) in [6.07, 6.45) is 0. The van der Waals surface area contributed by atoms with Crippen molar-refractivity contribution in [3.8, 4) is 0 Å². The predicted octanol–water partition coefficient (Wildman–Crippen LogP) is 2.99. The highest BCUT2D eigenvalue weighted by Gasteiger charge is 2.14. The molecule has 0 bridgehead atoms. The smallest absolute Gasteiger partial charge is 0.272 e. The van der Waals surface area contributed by atoms with Gasteiger partial charge in [0.15, 0.2) is 0 Å². The van der Waals surface area contributed by atoms with Crippen LogP contribution in [0.3, 0.4) is 0 Å². The molecule has 0 fully saturated rings. The molecule has 0 spiro atoms. The molecule has 8 heteroatoms. The van der Waals surface area contributed by atoms with Gasteiger partial charge in [-0.3, -0.25) is 14.4 Å². The summed E-state index contributed by atoms with van der Waals surface area (Å²) in [5.41, 5.74) is 2.63. The van der Waals surface area contributed by atoms with Gasteiger partial charge in [0.25, 0.3) is 17.4 Å². The lowest BCUT2D eigenvalue weighted by Gasteiger charge is -2.11. The average molecular weight is 399 g/mol. The monoisotopic (exact) mass is 398 g/mol. The normalized spacial score (nSPS) is 10.7. The van der Waals surface area contributed by atoms with Crippen LogP contribution in [-0.2, 0) is 6.54 Å². The Morgan fingerprint density at radius 2 is 1.79 bits per heavy atom. The summed E-state index contributed by atoms with van der Waals surface area (Å²) >= 11 is 6.19. The molecule has 7 nitrogen and oxygen atoms in total. The van der Waals surface area contributed by atoms with E-state index in [9.17, 15) is 14.4 Å². The summed E-state index contributed by atoms with van der Waals surface area (Å²) in [5, 5.41) is 5.50. The van der Waals surface area contributed by atoms with Gasteiger partial charge >= 0.3 is 0 Å². The molecule has 0 unspecified atom stereocenters. The quantitative estimate of drug-likeness (QED) is 0.706. The third-order valence-corrected chi connectivity index (χ3v) is 4.71. The fourth-order valence-electron chi connectivity index (χ4n) is 2.93. The van der Waals surface area contributed by atoms with E-state index in [-0.39, 0.29) is 22.4 Å². The van der Waals surface area contributed by atoms with Gasteiger partial charge in [-0.1, -0.05) is 11.6 Å². The molecule has 0 aliphatic rings. The zero-order valence-corrected chi connectivity index (χ0v) is 16.4. The van der Waals surface area contributed by atoms with E-state index in [1.807, 2.05) is 6.92 Å². The van der Waals surface area contributed by atoms with Crippen LogP contribution < -0.4 is 16.2 Å². The number of hydrogen-bond acceptors (Lipinski definition) is 4. The topological polar surface area (TPSA) is 93.1 Å². The molecule has 1 aromatic heterocycles. The van der Waals surface area contributed by atoms with Crippen molar-refractivity contribution in [3.05, 3.63) is 68.6 Å². The first kappa shape index (κ1) is 19.6. The number of hydrogen-bond donors (Lipinski definition) is 2. The number of benzene rings is 2. The Hall–Kier alpha value is -3.19. The van der Waals surface area contributed by atoms with Crippen molar-refractivity contribution >= 4 is 40.1 Å². The summed E-state index contributed by atoms with van der Waals surface area (Å²) in [6, 6.07) is 9.61. The van der Waals surface area contributed by atoms with Crippen LogP contribution in [0.5, 0.6) is 0 Å². The van der Waals surface area contributed by atoms with Gasteiger partial charge in [0.1, 0.15) is 5.69 Å². The highest BCUT2D eigenvalue weighted by Crippen LogP contribution is 2.24. The molecular formula is C20H19ClN4O3. The molecule has 0 saturated carbocycles. The fraction of sp³-hybridized carbons (Fsp3) is 0.200. The van der Waals surface area contributed by atoms with Gasteiger partial charge in [0.05, 0.1) is 21.7 Å². The Morgan fingerprint density at radius 1 is 1.11 bits per heavy atom. The van der Waals surface area contributed by atoms with Crippen LogP contribution in [0.15, 0.2) is 41.2 Å². The minimum Gasteiger partial charge on any atom is -0.355 e. The second-order valence-electron chi connectivity index (χ2n) is 6.18. The van der Waals surface area contributed by atoms with E-state index >= 15 is 0 Å². The van der Waals surface area contributed by atoms with Gasteiger partial charge in [-0.2, -0.15) is 0 Å². The van der Waals surface area contributed by atoms with E-state index in [1.54, 1.807) is 41.8 Å². The van der Waals surface area contributed by atoms with Gasteiger partial charge in [-0.25, -0.2) is 4.98 Å². The van der Waals surface area contributed by atoms with Crippen LogP contribution in [0.4, 0.5) is 5.69 Å². The molecule has 1 heterocycles. The summed E-state index contributed by atoms with van der Waals surface area (Å²) in [7, 11) is 1.53. The highest BCUT2D eigenvalue weighted by molar-refractivity contribution is 6.34. The van der Waals surface area contributed by atoms with E-state index in [0.717, 1.165) is 0 Å². The second-order valence-corrected chi connectivity index (χ2v) is 6.59. The van der Waals surface area contributed by atoms with E-state index in [2.05, 4.69) is 15.6 Å². The fourth-order valence-corrected chi connectivity index (χ4v) is 3.15. The maximum Gasteiger partial charge on any atom is 0.272 e. The van der Waals surface area contributed by atoms with Gasteiger partial charge in [0, 0.05) is 24.7 Å². The van der Waals surface area contributed by atoms with Crippen LogP contribution >= 0.6 is 11.6 Å². The second kappa shape index (κ2) is 7.82. The number of rotatable bonds is 4. The maximum absolute atomic E-state index is 12.6. The molecule has 2 aromatic carbocycles. The molecular weight excluding hydrogens is 380 g/mol. The molecule has 144 valence electrons. The minimum absolute atomic E-state index is 0.143. The zero-order valence-electron chi connectivity index (χ0n) is 15.7. The number of amides is 2. The van der Waals surface area contributed by atoms with Crippen molar-refractivity contribution in [2.75, 3.05) is 12.4 Å². The van der Waals surface area contributed by atoms with Crippen molar-refractivity contribution < 1.29 is 9.59 Å². The number of carbonyl (C=O) groups excluding carboxylic acids is 2. The Kier molecular flexibility index (Phi) is 5.46. The van der Waals surface area contributed by atoms with Gasteiger partial charge in [-0.15, -0.1) is 0 Å². The number of aryl methyl sites for hydroxylation is 2. The SMILES string of the molecule is CCn1c(=O)c(C)nc2cc(C(=O)Nc3ccc(C(=O)NC)cc3Cl)ccc21. The molecule has 2 N–H and O–H groups in total. The molecule has 3 rings (SSSR count). The van der Waals surface area contributed by atoms with Gasteiger partial charge < -0.3 is 15.2 Å². The lowest BCUT2D eigenvalue weighted by molar-refractivity contribution is 0.0962. The van der Waals surface area contributed by atoms with Gasteiger partial charge in [0.2, 0.25) is 0 Å². The van der Waals surface area contributed by atoms with Crippen molar-refractivity contribution in [1.82, 2.24) is 14.9 Å². The first-order valence-electron chi connectivity index (χ1n) is 8.70. The Balaban J connectivity index is 1.93. The molecule has 0 aliphatic carbocycles. The van der Waals surface area contributed by atoms with Crippen molar-refractivity contribution in [3.63, 3.8) is 0 Å². The molecule has 0 aliphatic heterocycles. The van der Waals surface area contributed by atoms with Crippen LogP contribution in [0.25, 0.3) is 11.0 Å². The standard InChI is InChI=1S/C20H19ClN4O3/c1-4-25-17-8-6-13(10-16(17)23-11(2)20(25)28)19(27)24-15-7-5-12(9-14(15)21)18(26)22-3/h5-10H,4H2,1-3H3,(H,22,26)(H,24,27). The number of nitrogens with one attached hydrogen (secondary N) is 2. The number of aromatic nitrogens is 2. The average Bonchev–Trinajstić information content (AvgIpc) is 2.69. The zero-order chi connectivity index (χ0) is 20.4. The third kappa shape index (κ3) is 3.61. The van der Waals surface area contributed by atoms with Crippen LogP contribution in [0.2, 0.25) is 5.02 Å². The minimum atomic E-state index is -0.370. The number of anilines is 1. The lowest BCUT2D eigenvalue weighted by Crippen LogP contribution is -2.23. The molecule has 0 saturated heterocycles. The lowest BCUT2D eigenvalue weighted by atomic mass is 10.1.